The molecule has 0 saturated heterocycles. The molecule has 1 amide bonds. The number of fused-ring (bicyclic) bond motifs is 1. The monoisotopic (exact) mass is 363 g/mol. The first-order valence-electron chi connectivity index (χ1n) is 7.91. The van der Waals surface area contributed by atoms with Crippen LogP contribution >= 0.6 is 11.6 Å². The van der Waals surface area contributed by atoms with Crippen molar-refractivity contribution in [3.8, 4) is 11.1 Å². The van der Waals surface area contributed by atoms with Gasteiger partial charge in [-0.15, -0.1) is 0 Å². The van der Waals surface area contributed by atoms with E-state index in [0.29, 0.717) is 21.9 Å². The molecular formula is C19H14ClN5O. The number of aromatic nitrogens is 4. The van der Waals surface area contributed by atoms with E-state index in [1.807, 2.05) is 30.3 Å². The number of hydrogen-bond donors (Lipinski definition) is 1. The standard InChI is InChI=1S/C19H14ClN5O/c1-25-11-15(9-22-25)23-19(26)17-7-4-13-8-21-10-16(18(13)24-17)12-2-5-14(20)6-3-12/h2-11H,1H3,(H,23,26). The minimum atomic E-state index is -0.293. The third kappa shape index (κ3) is 3.14. The zero-order chi connectivity index (χ0) is 18.1. The summed E-state index contributed by atoms with van der Waals surface area (Å²) >= 11 is 5.97. The quantitative estimate of drug-likeness (QED) is 0.598. The van der Waals surface area contributed by atoms with Gasteiger partial charge in [-0.2, -0.15) is 5.10 Å². The summed E-state index contributed by atoms with van der Waals surface area (Å²) in [6.45, 7) is 0. The number of carbonyl (C=O) groups excluding carboxylic acids is 1. The molecule has 1 N–H and O–H groups in total. The van der Waals surface area contributed by atoms with Gasteiger partial charge in [0.2, 0.25) is 0 Å². The molecule has 0 radical (unpaired) electrons. The van der Waals surface area contributed by atoms with E-state index >= 15 is 0 Å². The molecular weight excluding hydrogens is 350 g/mol. The van der Waals surface area contributed by atoms with Crippen molar-refractivity contribution in [2.75, 3.05) is 5.32 Å². The molecule has 0 aliphatic rings. The second kappa shape index (κ2) is 6.57. The van der Waals surface area contributed by atoms with Gasteiger partial charge in [-0.25, -0.2) is 4.98 Å². The molecule has 1 aromatic carbocycles. The summed E-state index contributed by atoms with van der Waals surface area (Å²) in [7, 11) is 1.79. The van der Waals surface area contributed by atoms with E-state index in [1.165, 1.54) is 0 Å². The van der Waals surface area contributed by atoms with Crippen LogP contribution in [-0.2, 0) is 7.05 Å². The molecule has 0 bridgehead atoms. The Morgan fingerprint density at radius 1 is 1.08 bits per heavy atom. The van der Waals surface area contributed by atoms with Crippen LogP contribution in [0.2, 0.25) is 5.02 Å². The topological polar surface area (TPSA) is 72.7 Å². The zero-order valence-electron chi connectivity index (χ0n) is 13.8. The van der Waals surface area contributed by atoms with Crippen molar-refractivity contribution >= 4 is 34.1 Å². The molecule has 128 valence electrons. The van der Waals surface area contributed by atoms with E-state index in [-0.39, 0.29) is 5.91 Å². The minimum Gasteiger partial charge on any atom is -0.318 e. The van der Waals surface area contributed by atoms with Crippen molar-refractivity contribution in [2.24, 2.45) is 7.05 Å². The van der Waals surface area contributed by atoms with Crippen LogP contribution < -0.4 is 5.32 Å². The fourth-order valence-electron chi connectivity index (χ4n) is 2.69. The number of benzene rings is 1. The van der Waals surface area contributed by atoms with Crippen molar-refractivity contribution in [2.45, 2.75) is 0 Å². The minimum absolute atomic E-state index is 0.293. The van der Waals surface area contributed by atoms with Gasteiger partial charge in [0.25, 0.3) is 5.91 Å². The summed E-state index contributed by atoms with van der Waals surface area (Å²) in [6, 6.07) is 11.0. The van der Waals surface area contributed by atoms with Gasteiger partial charge >= 0.3 is 0 Å². The maximum atomic E-state index is 12.5. The average Bonchev–Trinajstić information content (AvgIpc) is 3.06. The fraction of sp³-hybridized carbons (Fsp3) is 0.0526. The first kappa shape index (κ1) is 16.2. The van der Waals surface area contributed by atoms with Crippen LogP contribution in [0.25, 0.3) is 22.0 Å². The molecule has 7 heteroatoms. The van der Waals surface area contributed by atoms with Crippen LogP contribution in [-0.4, -0.2) is 25.7 Å². The number of carbonyl (C=O) groups is 1. The van der Waals surface area contributed by atoms with E-state index in [0.717, 1.165) is 16.5 Å². The number of halogens is 1. The van der Waals surface area contributed by atoms with Gasteiger partial charge in [0.15, 0.2) is 0 Å². The Morgan fingerprint density at radius 2 is 1.88 bits per heavy atom. The maximum absolute atomic E-state index is 12.5. The maximum Gasteiger partial charge on any atom is 0.274 e. The van der Waals surface area contributed by atoms with Gasteiger partial charge in [0, 0.05) is 41.6 Å². The van der Waals surface area contributed by atoms with E-state index in [2.05, 4.69) is 20.4 Å². The van der Waals surface area contributed by atoms with Crippen LogP contribution in [0.4, 0.5) is 5.69 Å². The highest BCUT2D eigenvalue weighted by Crippen LogP contribution is 2.27. The fourth-order valence-corrected chi connectivity index (χ4v) is 2.82. The van der Waals surface area contributed by atoms with E-state index in [1.54, 1.807) is 42.6 Å². The van der Waals surface area contributed by atoms with Crippen molar-refractivity contribution in [1.82, 2.24) is 19.7 Å². The van der Waals surface area contributed by atoms with E-state index in [4.69, 9.17) is 11.6 Å². The van der Waals surface area contributed by atoms with Gasteiger partial charge in [0.1, 0.15) is 5.69 Å². The molecule has 26 heavy (non-hydrogen) atoms. The van der Waals surface area contributed by atoms with E-state index in [9.17, 15) is 4.79 Å². The van der Waals surface area contributed by atoms with E-state index < -0.39 is 0 Å². The molecule has 3 heterocycles. The molecule has 0 saturated carbocycles. The lowest BCUT2D eigenvalue weighted by molar-refractivity contribution is 0.102. The Morgan fingerprint density at radius 3 is 2.62 bits per heavy atom. The third-order valence-electron chi connectivity index (χ3n) is 3.95. The summed E-state index contributed by atoms with van der Waals surface area (Å²) in [6.07, 6.45) is 6.77. The van der Waals surface area contributed by atoms with Gasteiger partial charge in [0.05, 0.1) is 17.4 Å². The van der Waals surface area contributed by atoms with Crippen molar-refractivity contribution in [3.63, 3.8) is 0 Å². The number of anilines is 1. The summed E-state index contributed by atoms with van der Waals surface area (Å²) in [4.78, 5) is 21.4. The molecule has 6 nitrogen and oxygen atoms in total. The smallest absolute Gasteiger partial charge is 0.274 e. The van der Waals surface area contributed by atoms with Crippen LogP contribution in [0.1, 0.15) is 10.5 Å². The second-order valence-corrected chi connectivity index (χ2v) is 6.26. The largest absolute Gasteiger partial charge is 0.318 e. The molecule has 4 aromatic rings. The third-order valence-corrected chi connectivity index (χ3v) is 4.20. The number of rotatable bonds is 3. The van der Waals surface area contributed by atoms with Crippen LogP contribution in [0.15, 0.2) is 61.2 Å². The Labute approximate surface area is 154 Å². The van der Waals surface area contributed by atoms with Crippen LogP contribution in [0, 0.1) is 0 Å². The first-order chi connectivity index (χ1) is 12.6. The number of nitrogens with one attached hydrogen (secondary N) is 1. The predicted molar refractivity (Wildman–Crippen MR) is 101 cm³/mol. The Balaban J connectivity index is 1.75. The zero-order valence-corrected chi connectivity index (χ0v) is 14.6. The highest BCUT2D eigenvalue weighted by atomic mass is 35.5. The number of pyridine rings is 2. The second-order valence-electron chi connectivity index (χ2n) is 5.82. The van der Waals surface area contributed by atoms with Gasteiger partial charge < -0.3 is 5.32 Å². The van der Waals surface area contributed by atoms with Crippen LogP contribution in [0.5, 0.6) is 0 Å². The Kier molecular flexibility index (Phi) is 4.10. The predicted octanol–water partition coefficient (Wildman–Crippen LogP) is 3.94. The lowest BCUT2D eigenvalue weighted by atomic mass is 10.0. The summed E-state index contributed by atoms with van der Waals surface area (Å²) in [5, 5.41) is 8.34. The molecule has 0 aliphatic heterocycles. The summed E-state index contributed by atoms with van der Waals surface area (Å²) in [5.74, 6) is -0.293. The normalized spacial score (nSPS) is 10.8. The Bertz CT molecular complexity index is 1100. The number of hydrogen-bond acceptors (Lipinski definition) is 4. The molecule has 0 aliphatic carbocycles. The highest BCUT2D eigenvalue weighted by molar-refractivity contribution is 6.30. The lowest BCUT2D eigenvalue weighted by Crippen LogP contribution is -2.13. The summed E-state index contributed by atoms with van der Waals surface area (Å²) in [5.41, 5.74) is 3.43. The molecule has 0 unspecified atom stereocenters. The first-order valence-corrected chi connectivity index (χ1v) is 8.29. The van der Waals surface area contributed by atoms with Crippen molar-refractivity contribution in [1.29, 1.82) is 0 Å². The van der Waals surface area contributed by atoms with Gasteiger partial charge in [-0.1, -0.05) is 23.7 Å². The average molecular weight is 364 g/mol. The number of amides is 1. The SMILES string of the molecule is Cn1cc(NC(=O)c2ccc3cncc(-c4ccc(Cl)cc4)c3n2)cn1. The summed E-state index contributed by atoms with van der Waals surface area (Å²) < 4.78 is 1.62. The number of aryl methyl sites for hydroxylation is 1. The molecule has 0 atom stereocenters. The van der Waals surface area contributed by atoms with Crippen LogP contribution in [0.3, 0.4) is 0 Å². The molecule has 0 spiro atoms. The van der Waals surface area contributed by atoms with Crippen molar-refractivity contribution in [3.05, 3.63) is 71.9 Å². The molecule has 4 rings (SSSR count). The van der Waals surface area contributed by atoms with Gasteiger partial charge in [-0.3, -0.25) is 14.5 Å². The van der Waals surface area contributed by atoms with Gasteiger partial charge in [-0.05, 0) is 29.8 Å². The molecule has 3 aromatic heterocycles. The lowest BCUT2D eigenvalue weighted by Gasteiger charge is -2.08. The molecule has 0 fully saturated rings. The van der Waals surface area contributed by atoms with Crippen molar-refractivity contribution < 1.29 is 4.79 Å². The number of nitrogens with zero attached hydrogens (tertiary/aromatic N) is 4. The Hall–Kier alpha value is -3.25. The highest BCUT2D eigenvalue weighted by Gasteiger charge is 2.12.